The van der Waals surface area contributed by atoms with E-state index in [0.717, 1.165) is 11.3 Å². The van der Waals surface area contributed by atoms with Gasteiger partial charge in [-0.1, -0.05) is 48.5 Å². The van der Waals surface area contributed by atoms with Crippen LogP contribution in [0.1, 0.15) is 16.3 Å². The lowest BCUT2D eigenvalue weighted by Crippen LogP contribution is -2.32. The molecule has 29 heavy (non-hydrogen) atoms. The number of carbonyl (C=O) groups excluding carboxylic acids is 1. The van der Waals surface area contributed by atoms with Crippen LogP contribution in [-0.4, -0.2) is 31.6 Å². The smallest absolute Gasteiger partial charge is 0.235 e. The van der Waals surface area contributed by atoms with Gasteiger partial charge in [-0.25, -0.2) is 13.4 Å². The molecule has 3 rings (SSSR count). The number of para-hydroxylation sites is 1. The fourth-order valence-corrected chi connectivity index (χ4v) is 4.67. The lowest BCUT2D eigenvalue weighted by Gasteiger charge is -2.06. The largest absolute Gasteiger partial charge is 0.486 e. The van der Waals surface area contributed by atoms with Crippen molar-refractivity contribution in [2.24, 2.45) is 0 Å². The summed E-state index contributed by atoms with van der Waals surface area (Å²) in [7, 11) is -3.59. The van der Waals surface area contributed by atoms with E-state index in [1.54, 1.807) is 5.38 Å². The molecule has 0 saturated carbocycles. The van der Waals surface area contributed by atoms with Crippen LogP contribution >= 0.6 is 11.3 Å². The molecule has 0 atom stereocenters. The van der Waals surface area contributed by atoms with Gasteiger partial charge in [0.05, 0.1) is 11.4 Å². The van der Waals surface area contributed by atoms with Crippen LogP contribution in [0.3, 0.4) is 0 Å². The molecule has 0 saturated heterocycles. The number of hydrogen-bond donors (Lipinski definition) is 1. The highest BCUT2D eigenvalue weighted by Gasteiger charge is 2.19. The van der Waals surface area contributed by atoms with Gasteiger partial charge in [-0.15, -0.1) is 11.3 Å². The van der Waals surface area contributed by atoms with Crippen molar-refractivity contribution in [2.45, 2.75) is 18.8 Å². The quantitative estimate of drug-likeness (QED) is 0.534. The second-order valence-corrected chi connectivity index (χ2v) is 9.46. The Kier molecular flexibility index (Phi) is 7.37. The summed E-state index contributed by atoms with van der Waals surface area (Å²) < 4.78 is 30.2. The summed E-state index contributed by atoms with van der Waals surface area (Å²) in [6.07, 6.45) is 0.656. The van der Waals surface area contributed by atoms with Gasteiger partial charge in [0.25, 0.3) is 0 Å². The van der Waals surface area contributed by atoms with E-state index in [1.807, 2.05) is 60.7 Å². The van der Waals surface area contributed by atoms with Crippen molar-refractivity contribution in [3.63, 3.8) is 0 Å². The van der Waals surface area contributed by atoms with Gasteiger partial charge in [-0.05, 0) is 24.1 Å². The molecule has 1 heterocycles. The van der Waals surface area contributed by atoms with Gasteiger partial charge < -0.3 is 10.1 Å². The first-order valence-corrected chi connectivity index (χ1v) is 11.8. The van der Waals surface area contributed by atoms with Crippen LogP contribution in [0.5, 0.6) is 5.75 Å². The molecule has 2 aromatic carbocycles. The van der Waals surface area contributed by atoms with Gasteiger partial charge in [-0.2, -0.15) is 0 Å². The van der Waals surface area contributed by atoms with Crippen molar-refractivity contribution in [1.29, 1.82) is 0 Å². The normalized spacial score (nSPS) is 11.2. The summed E-state index contributed by atoms with van der Waals surface area (Å²) in [4.78, 5) is 16.3. The third-order valence-electron chi connectivity index (χ3n) is 4.00. The number of nitrogens with one attached hydrogen (secondary N) is 1. The van der Waals surface area contributed by atoms with Gasteiger partial charge in [0, 0.05) is 11.9 Å². The third kappa shape index (κ3) is 7.32. The Bertz CT molecular complexity index is 1020. The zero-order valence-electron chi connectivity index (χ0n) is 15.8. The van der Waals surface area contributed by atoms with Crippen molar-refractivity contribution in [3.05, 3.63) is 82.3 Å². The monoisotopic (exact) mass is 430 g/mol. The second-order valence-electron chi connectivity index (χ2n) is 6.45. The highest BCUT2D eigenvalue weighted by atomic mass is 32.2. The molecule has 1 N–H and O–H groups in total. The first kappa shape index (κ1) is 21.0. The average Bonchev–Trinajstić information content (AvgIpc) is 3.14. The number of sulfone groups is 1. The molecule has 152 valence electrons. The number of amides is 1. The minimum absolute atomic E-state index is 0.263. The van der Waals surface area contributed by atoms with E-state index in [2.05, 4.69) is 10.3 Å². The molecule has 0 fully saturated rings. The number of hydrogen-bond acceptors (Lipinski definition) is 6. The van der Waals surface area contributed by atoms with Crippen LogP contribution in [0.15, 0.2) is 66.0 Å². The lowest BCUT2D eigenvalue weighted by molar-refractivity contribution is -0.118. The number of aromatic nitrogens is 1. The Balaban J connectivity index is 1.44. The molecule has 1 amide bonds. The van der Waals surface area contributed by atoms with E-state index < -0.39 is 21.5 Å². The van der Waals surface area contributed by atoms with Crippen LogP contribution in [-0.2, 0) is 33.4 Å². The topological polar surface area (TPSA) is 85.4 Å². The van der Waals surface area contributed by atoms with Crippen molar-refractivity contribution in [1.82, 2.24) is 10.3 Å². The summed E-state index contributed by atoms with van der Waals surface area (Å²) >= 11 is 1.34. The highest BCUT2D eigenvalue weighted by Crippen LogP contribution is 2.16. The Labute approximate surface area is 174 Å². The molecule has 0 bridgehead atoms. The van der Waals surface area contributed by atoms with Crippen molar-refractivity contribution < 1.29 is 17.9 Å². The molecule has 3 aromatic rings. The Hall–Kier alpha value is -2.71. The number of nitrogens with zero attached hydrogens (tertiary/aromatic N) is 1. The summed E-state index contributed by atoms with van der Waals surface area (Å²) in [5.74, 6) is -0.580. The van der Waals surface area contributed by atoms with Gasteiger partial charge in [0.15, 0.2) is 9.84 Å². The standard InChI is InChI=1S/C21H22N2O4S2/c24-20(22-12-11-17-7-3-1-4-8-17)16-29(25,26)15-18-14-28-21(23-18)13-27-19-9-5-2-6-10-19/h1-10,14H,11-13,15-16H2,(H,22,24). The second kappa shape index (κ2) is 10.2. The minimum Gasteiger partial charge on any atom is -0.486 e. The maximum Gasteiger partial charge on any atom is 0.235 e. The SMILES string of the molecule is O=C(CS(=O)(=O)Cc1csc(COc2ccccc2)n1)NCCc1ccccc1. The van der Waals surface area contributed by atoms with E-state index in [4.69, 9.17) is 4.74 Å². The summed E-state index contributed by atoms with van der Waals surface area (Å²) in [6, 6.07) is 19.0. The summed E-state index contributed by atoms with van der Waals surface area (Å²) in [6.45, 7) is 0.671. The molecule has 6 nitrogen and oxygen atoms in total. The van der Waals surface area contributed by atoms with Gasteiger partial charge in [0.2, 0.25) is 5.91 Å². The molecule has 0 aliphatic carbocycles. The minimum atomic E-state index is -3.59. The van der Waals surface area contributed by atoms with E-state index >= 15 is 0 Å². The molecule has 1 aromatic heterocycles. The summed E-state index contributed by atoms with van der Waals surface area (Å²) in [5, 5.41) is 5.04. The summed E-state index contributed by atoms with van der Waals surface area (Å²) in [5.41, 5.74) is 1.52. The van der Waals surface area contributed by atoms with Crippen molar-refractivity contribution in [3.8, 4) is 5.75 Å². The van der Waals surface area contributed by atoms with Gasteiger partial charge in [0.1, 0.15) is 23.1 Å². The maximum atomic E-state index is 12.3. The van der Waals surface area contributed by atoms with Gasteiger partial charge >= 0.3 is 0 Å². The van der Waals surface area contributed by atoms with E-state index in [0.29, 0.717) is 23.7 Å². The molecular weight excluding hydrogens is 408 g/mol. The van der Waals surface area contributed by atoms with Crippen LogP contribution in [0.4, 0.5) is 0 Å². The van der Waals surface area contributed by atoms with Crippen LogP contribution in [0, 0.1) is 0 Å². The van der Waals surface area contributed by atoms with Gasteiger partial charge in [-0.3, -0.25) is 4.79 Å². The molecular formula is C21H22N2O4S2. The molecule has 8 heteroatoms. The zero-order valence-corrected chi connectivity index (χ0v) is 17.4. The number of rotatable bonds is 10. The molecule has 0 unspecified atom stereocenters. The predicted octanol–water partition coefficient (Wildman–Crippen LogP) is 3.00. The maximum absolute atomic E-state index is 12.3. The van der Waals surface area contributed by atoms with E-state index in [9.17, 15) is 13.2 Å². The fraction of sp³-hybridized carbons (Fsp3) is 0.238. The third-order valence-corrected chi connectivity index (χ3v) is 6.31. The number of ether oxygens (including phenoxy) is 1. The Morgan fingerprint density at radius 3 is 2.45 bits per heavy atom. The van der Waals surface area contributed by atoms with E-state index in [1.165, 1.54) is 11.3 Å². The predicted molar refractivity (Wildman–Crippen MR) is 114 cm³/mol. The first-order valence-electron chi connectivity index (χ1n) is 9.12. The van der Waals surface area contributed by atoms with Crippen LogP contribution in [0.2, 0.25) is 0 Å². The Morgan fingerprint density at radius 1 is 1.03 bits per heavy atom. The lowest BCUT2D eigenvalue weighted by atomic mass is 10.1. The fourth-order valence-electron chi connectivity index (χ4n) is 2.66. The first-order chi connectivity index (χ1) is 14.0. The number of thiazole rings is 1. The van der Waals surface area contributed by atoms with Crippen molar-refractivity contribution in [2.75, 3.05) is 12.3 Å². The molecule has 0 aliphatic rings. The van der Waals surface area contributed by atoms with Crippen LogP contribution in [0.25, 0.3) is 0 Å². The van der Waals surface area contributed by atoms with Crippen LogP contribution < -0.4 is 10.1 Å². The Morgan fingerprint density at radius 2 is 1.72 bits per heavy atom. The molecule has 0 spiro atoms. The number of benzene rings is 2. The molecule has 0 aliphatic heterocycles. The van der Waals surface area contributed by atoms with E-state index in [-0.39, 0.29) is 12.4 Å². The average molecular weight is 431 g/mol. The zero-order chi connectivity index (χ0) is 20.5. The molecule has 0 radical (unpaired) electrons. The number of carbonyl (C=O) groups is 1. The van der Waals surface area contributed by atoms with Crippen molar-refractivity contribution >= 4 is 27.1 Å². The highest BCUT2D eigenvalue weighted by molar-refractivity contribution is 7.91.